The van der Waals surface area contributed by atoms with Crippen molar-refractivity contribution in [3.05, 3.63) is 68.4 Å². The molecule has 0 atom stereocenters. The number of aryl methyl sites for hydroxylation is 1. The van der Waals surface area contributed by atoms with Gasteiger partial charge in [-0.25, -0.2) is 4.79 Å². The molecule has 0 saturated carbocycles. The number of aromatic nitrogens is 2. The van der Waals surface area contributed by atoms with Gasteiger partial charge in [-0.3, -0.25) is 9.78 Å². The highest BCUT2D eigenvalue weighted by molar-refractivity contribution is 7.87. The molecule has 0 aliphatic heterocycles. The summed E-state index contributed by atoms with van der Waals surface area (Å²) >= 11 is 0. The number of nitrogens with one attached hydrogen (secondary N) is 2. The van der Waals surface area contributed by atoms with Gasteiger partial charge >= 0.3 is 15.8 Å². The van der Waals surface area contributed by atoms with Gasteiger partial charge < -0.3 is 9.17 Å². The summed E-state index contributed by atoms with van der Waals surface area (Å²) in [5.74, 6) is 0.431. The second-order valence-corrected chi connectivity index (χ2v) is 7.93. The lowest BCUT2D eigenvalue weighted by Crippen LogP contribution is -2.22. The Hall–Kier alpha value is -2.87. The summed E-state index contributed by atoms with van der Waals surface area (Å²) < 4.78 is 30.5. The van der Waals surface area contributed by atoms with E-state index in [1.807, 2.05) is 26.8 Å². The first-order valence-corrected chi connectivity index (χ1v) is 9.39. The van der Waals surface area contributed by atoms with Crippen LogP contribution in [0.4, 0.5) is 0 Å². The summed E-state index contributed by atoms with van der Waals surface area (Å²) in [6.07, 6.45) is 0. The van der Waals surface area contributed by atoms with Gasteiger partial charge in [-0.2, -0.15) is 8.42 Å². The minimum absolute atomic E-state index is 0.0568. The summed E-state index contributed by atoms with van der Waals surface area (Å²) in [5, 5.41) is 0.0568. The Labute approximate surface area is 149 Å². The molecule has 3 aromatic rings. The van der Waals surface area contributed by atoms with Gasteiger partial charge in [0.2, 0.25) is 0 Å². The lowest BCUT2D eigenvalue weighted by atomic mass is 10.0. The van der Waals surface area contributed by atoms with E-state index in [9.17, 15) is 18.0 Å². The average Bonchev–Trinajstić information content (AvgIpc) is 2.53. The van der Waals surface area contributed by atoms with Gasteiger partial charge in [0, 0.05) is 0 Å². The van der Waals surface area contributed by atoms with E-state index in [1.165, 1.54) is 18.2 Å². The number of H-pyrrole nitrogens is 2. The summed E-state index contributed by atoms with van der Waals surface area (Å²) in [4.78, 5) is 27.5. The average molecular weight is 374 g/mol. The monoisotopic (exact) mass is 374 g/mol. The fraction of sp³-hybridized carbons (Fsp3) is 0.222. The second-order valence-electron chi connectivity index (χ2n) is 6.39. The lowest BCUT2D eigenvalue weighted by molar-refractivity contribution is 0.485. The number of fused-ring (bicyclic) bond motifs is 1. The van der Waals surface area contributed by atoms with Crippen molar-refractivity contribution in [2.75, 3.05) is 0 Å². The Morgan fingerprint density at radius 3 is 2.42 bits per heavy atom. The highest BCUT2D eigenvalue weighted by Gasteiger charge is 2.19. The summed E-state index contributed by atoms with van der Waals surface area (Å²) in [7, 11) is -4.14. The molecule has 7 nitrogen and oxygen atoms in total. The van der Waals surface area contributed by atoms with Gasteiger partial charge in [-0.15, -0.1) is 0 Å². The van der Waals surface area contributed by atoms with E-state index < -0.39 is 21.4 Å². The third-order valence-corrected chi connectivity index (χ3v) is 5.19. The molecule has 0 aliphatic rings. The van der Waals surface area contributed by atoms with E-state index in [0.29, 0.717) is 0 Å². The van der Waals surface area contributed by atoms with Crippen molar-refractivity contribution < 1.29 is 12.6 Å². The molecule has 0 unspecified atom stereocenters. The van der Waals surface area contributed by atoms with Gasteiger partial charge in [0.25, 0.3) is 5.56 Å². The zero-order valence-electron chi connectivity index (χ0n) is 14.5. The van der Waals surface area contributed by atoms with Gasteiger partial charge in [0.05, 0.1) is 10.9 Å². The van der Waals surface area contributed by atoms with Gasteiger partial charge in [0.15, 0.2) is 0 Å². The topological polar surface area (TPSA) is 109 Å². The van der Waals surface area contributed by atoms with Gasteiger partial charge in [0.1, 0.15) is 10.6 Å². The van der Waals surface area contributed by atoms with Crippen LogP contribution in [0.15, 0.2) is 50.9 Å². The van der Waals surface area contributed by atoms with Crippen molar-refractivity contribution in [3.8, 4) is 5.75 Å². The van der Waals surface area contributed by atoms with Crippen LogP contribution >= 0.6 is 0 Å². The predicted molar refractivity (Wildman–Crippen MR) is 98.3 cm³/mol. The van der Waals surface area contributed by atoms with E-state index in [0.717, 1.165) is 11.1 Å². The van der Waals surface area contributed by atoms with Crippen LogP contribution in [0.5, 0.6) is 5.75 Å². The first-order valence-electron chi connectivity index (χ1n) is 7.98. The van der Waals surface area contributed by atoms with E-state index in [2.05, 4.69) is 9.97 Å². The third-order valence-electron chi connectivity index (χ3n) is 3.95. The van der Waals surface area contributed by atoms with Crippen molar-refractivity contribution in [1.82, 2.24) is 9.97 Å². The minimum atomic E-state index is -4.14. The Kier molecular flexibility index (Phi) is 4.45. The Bertz CT molecular complexity index is 1210. The maximum atomic E-state index is 12.6. The molecule has 2 aromatic carbocycles. The molecule has 0 bridgehead atoms. The van der Waals surface area contributed by atoms with Crippen LogP contribution in [0.2, 0.25) is 0 Å². The zero-order chi connectivity index (χ0) is 19.1. The molecule has 26 heavy (non-hydrogen) atoms. The molecule has 3 rings (SSSR count). The smallest absolute Gasteiger partial charge is 0.339 e. The van der Waals surface area contributed by atoms with Crippen molar-refractivity contribution >= 4 is 21.0 Å². The Balaban J connectivity index is 2.05. The molecule has 0 radical (unpaired) electrons. The van der Waals surface area contributed by atoms with Crippen molar-refractivity contribution in [3.63, 3.8) is 0 Å². The summed E-state index contributed by atoms with van der Waals surface area (Å²) in [5.41, 5.74) is 0.765. The SMILES string of the molecule is Cc1cc(OS(=O)(=O)c2ccc3[nH]c(=O)[nH]c(=O)c3c2)cc(C(C)C)c1. The molecule has 1 heterocycles. The summed E-state index contributed by atoms with van der Waals surface area (Å²) in [6.45, 7) is 5.87. The normalized spacial score (nSPS) is 11.8. The van der Waals surface area contributed by atoms with Crippen LogP contribution in [0.25, 0.3) is 10.9 Å². The molecule has 0 saturated heterocycles. The van der Waals surface area contributed by atoms with Crippen LogP contribution in [-0.2, 0) is 10.1 Å². The maximum Gasteiger partial charge on any atom is 0.339 e. The standard InChI is InChI=1S/C18H18N2O5S/c1-10(2)12-6-11(3)7-13(8-12)25-26(23,24)14-4-5-16-15(9-14)17(21)20-18(22)19-16/h4-10H,1-3H3,(H2,19,20,21,22). The highest BCUT2D eigenvalue weighted by atomic mass is 32.2. The van der Waals surface area contributed by atoms with Crippen LogP contribution < -0.4 is 15.4 Å². The zero-order valence-corrected chi connectivity index (χ0v) is 15.3. The van der Waals surface area contributed by atoms with Crippen molar-refractivity contribution in [2.24, 2.45) is 0 Å². The number of benzene rings is 2. The van der Waals surface area contributed by atoms with Crippen LogP contribution in [-0.4, -0.2) is 18.4 Å². The predicted octanol–water partition coefficient (Wildman–Crippen LogP) is 2.42. The molecule has 2 N–H and O–H groups in total. The van der Waals surface area contributed by atoms with Crippen molar-refractivity contribution in [1.29, 1.82) is 0 Å². The van der Waals surface area contributed by atoms with Crippen LogP contribution in [0, 0.1) is 6.92 Å². The largest absolute Gasteiger partial charge is 0.379 e. The van der Waals surface area contributed by atoms with Gasteiger partial charge in [-0.1, -0.05) is 19.9 Å². The third kappa shape index (κ3) is 3.55. The molecular formula is C18H18N2O5S. The molecule has 136 valence electrons. The number of hydrogen-bond acceptors (Lipinski definition) is 5. The molecule has 0 spiro atoms. The fourth-order valence-corrected chi connectivity index (χ4v) is 3.58. The second kappa shape index (κ2) is 6.45. The molecule has 0 aliphatic carbocycles. The van der Waals surface area contributed by atoms with Gasteiger partial charge in [-0.05, 0) is 54.3 Å². The number of hydrogen-bond donors (Lipinski definition) is 2. The van der Waals surface area contributed by atoms with Crippen LogP contribution in [0.3, 0.4) is 0 Å². The van der Waals surface area contributed by atoms with E-state index in [-0.39, 0.29) is 27.5 Å². The molecular weight excluding hydrogens is 356 g/mol. The maximum absolute atomic E-state index is 12.6. The van der Waals surface area contributed by atoms with Crippen molar-refractivity contribution in [2.45, 2.75) is 31.6 Å². The van der Waals surface area contributed by atoms with E-state index in [4.69, 9.17) is 4.18 Å². The number of rotatable bonds is 4. The molecule has 8 heteroatoms. The minimum Gasteiger partial charge on any atom is -0.379 e. The van der Waals surface area contributed by atoms with E-state index in [1.54, 1.807) is 12.1 Å². The fourth-order valence-electron chi connectivity index (χ4n) is 2.63. The molecule has 0 fully saturated rings. The molecule has 0 amide bonds. The molecule has 1 aromatic heterocycles. The highest BCUT2D eigenvalue weighted by Crippen LogP contribution is 2.26. The quantitative estimate of drug-likeness (QED) is 0.682. The first kappa shape index (κ1) is 17.9. The summed E-state index contributed by atoms with van der Waals surface area (Å²) in [6, 6.07) is 9.11. The van der Waals surface area contributed by atoms with Crippen LogP contribution in [0.1, 0.15) is 30.9 Å². The number of aromatic amines is 2. The first-order chi connectivity index (χ1) is 12.2. The van der Waals surface area contributed by atoms with E-state index >= 15 is 0 Å². The Morgan fingerprint density at radius 1 is 1.00 bits per heavy atom. The lowest BCUT2D eigenvalue weighted by Gasteiger charge is -2.12. The Morgan fingerprint density at radius 2 is 1.73 bits per heavy atom.